The van der Waals surface area contributed by atoms with Gasteiger partial charge in [-0.25, -0.2) is 54.4 Å². The standard InChI is InChI=1S/C35H32N6O2.C30H31N7O.C29H29N7O/c36-34-33-32(28-12-11-27-13-14-29(38-30(27)22-28)26-9-5-2-6-10-26)39-31(41(33)20-17-37-34)21-24-15-18-40(19-16-24)35(42)43-23-25-7-3-1-4-8-25;1-35(2)19-26(38)36-15-12-22(13-16-36)30-34-27(28-29(31)32-14-17-37(28)30)23-9-8-21-10-11-24(33-25(21)18-23)20-6-4-3-5-7-20;1-2-31-29(37)35-15-12-21(13-16-35)28-34-25(26-27(30)32-14-17-36(26)28)22-9-8-20-10-11-23(33-24(20)18-22)19-6-4-3-5-7-19/h1-14,17,20,22,24H,15-16,18-19,21,23H2,(H2,36,37);3-11,14,17-18,22H,12-13,15-16,19H2,1-2H3,(H2,31,32);3-11,14,17-18,21H,2,12-13,15-16H2,1H3,(H2,30,32)(H,31,37). The summed E-state index contributed by atoms with van der Waals surface area (Å²) in [5.41, 5.74) is 36.7. The minimum Gasteiger partial charge on any atom is -0.445 e. The molecule has 16 aromatic rings. The topological polar surface area (TPSA) is 293 Å². The van der Waals surface area contributed by atoms with Crippen LogP contribution in [-0.4, -0.2) is 162 Å². The molecule has 3 aliphatic heterocycles. The molecule has 9 aromatic heterocycles. The van der Waals surface area contributed by atoms with Crippen molar-refractivity contribution < 1.29 is 19.1 Å². The SMILES string of the molecule is CCNC(=O)N1CCC(c2nc(-c3ccc4ccc(-c5ccccc5)nc4c3)c3c(N)nccn23)CC1.CN(C)CC(=O)N1CCC(c2nc(-c3ccc4ccc(-c5ccccc5)nc4c3)c3c(N)nccn23)CC1.Nc1nccn2c(CC3CCN(C(=O)OCc4ccccc4)CC3)nc(-c3ccc4ccc(-c5ccccc5)nc4c3)c12. The van der Waals surface area contributed by atoms with Gasteiger partial charge in [0.05, 0.1) is 40.2 Å². The Morgan fingerprint density at radius 1 is 0.432 bits per heavy atom. The van der Waals surface area contributed by atoms with Crippen LogP contribution in [0.5, 0.6) is 0 Å². The van der Waals surface area contributed by atoms with Crippen LogP contribution in [0.4, 0.5) is 27.0 Å². The van der Waals surface area contributed by atoms with E-state index in [-0.39, 0.29) is 36.5 Å². The van der Waals surface area contributed by atoms with E-state index in [1.807, 2.05) is 144 Å². The molecule has 0 saturated carbocycles. The predicted molar refractivity (Wildman–Crippen MR) is 465 cm³/mol. The summed E-state index contributed by atoms with van der Waals surface area (Å²) in [6, 6.07) is 71.5. The summed E-state index contributed by atoms with van der Waals surface area (Å²) < 4.78 is 11.8. The first kappa shape index (κ1) is 76.6. The average molecular weight is 1570 g/mol. The number of imidazole rings is 3. The number of pyridine rings is 3. The van der Waals surface area contributed by atoms with Gasteiger partial charge in [0, 0.05) is 151 Å². The van der Waals surface area contributed by atoms with Gasteiger partial charge in [-0.3, -0.25) is 18.0 Å². The number of nitrogens with one attached hydrogen (secondary N) is 1. The van der Waals surface area contributed by atoms with Crippen molar-refractivity contribution >= 4 is 84.7 Å². The van der Waals surface area contributed by atoms with Gasteiger partial charge in [-0.2, -0.15) is 0 Å². The Morgan fingerprint density at radius 2 is 0.814 bits per heavy atom. The first-order valence-corrected chi connectivity index (χ1v) is 40.4. The number of anilines is 3. The first-order chi connectivity index (χ1) is 57.7. The number of piperidine rings is 3. The Kier molecular flexibility index (Phi) is 22.2. The van der Waals surface area contributed by atoms with Gasteiger partial charge < -0.3 is 46.9 Å². The van der Waals surface area contributed by atoms with Gasteiger partial charge >= 0.3 is 12.1 Å². The van der Waals surface area contributed by atoms with Crippen molar-refractivity contribution in [3.63, 3.8) is 0 Å². The summed E-state index contributed by atoms with van der Waals surface area (Å²) in [7, 11) is 3.85. The van der Waals surface area contributed by atoms with Gasteiger partial charge in [0.1, 0.15) is 75.2 Å². The second kappa shape index (κ2) is 34.2. The molecular formula is C94H92N20O4. The Bertz CT molecular complexity index is 6310. The zero-order valence-electron chi connectivity index (χ0n) is 66.2. The third-order valence-corrected chi connectivity index (χ3v) is 22.7. The molecule has 118 heavy (non-hydrogen) atoms. The number of amides is 4. The Labute approximate surface area is 683 Å². The van der Waals surface area contributed by atoms with Gasteiger partial charge in [-0.05, 0) is 107 Å². The second-order valence-electron chi connectivity index (χ2n) is 30.7. The zero-order valence-corrected chi connectivity index (χ0v) is 66.2. The lowest BCUT2D eigenvalue weighted by Gasteiger charge is -2.32. The molecule has 3 saturated heterocycles. The van der Waals surface area contributed by atoms with Crippen LogP contribution in [0.3, 0.4) is 0 Å². The molecule has 0 radical (unpaired) electrons. The molecule has 592 valence electrons. The number of hydrogen-bond donors (Lipinski definition) is 4. The van der Waals surface area contributed by atoms with Crippen LogP contribution in [0.1, 0.15) is 80.3 Å². The number of nitrogens with zero attached hydrogens (tertiary/aromatic N) is 16. The van der Waals surface area contributed by atoms with Crippen molar-refractivity contribution in [2.24, 2.45) is 5.92 Å². The minimum absolute atomic E-state index is 0.00148. The number of likely N-dealkylation sites (tertiary alicyclic amines) is 3. The van der Waals surface area contributed by atoms with Gasteiger partial charge in [0.15, 0.2) is 0 Å². The fourth-order valence-corrected chi connectivity index (χ4v) is 16.5. The molecule has 0 unspecified atom stereocenters. The van der Waals surface area contributed by atoms with E-state index in [1.54, 1.807) is 18.6 Å². The molecule has 12 heterocycles. The number of hydrogen-bond acceptors (Lipinski definition) is 17. The van der Waals surface area contributed by atoms with E-state index < -0.39 is 0 Å². The summed E-state index contributed by atoms with van der Waals surface area (Å²) in [5, 5.41) is 6.09. The molecular weight excluding hydrogens is 1470 g/mol. The fourth-order valence-electron chi connectivity index (χ4n) is 16.5. The predicted octanol–water partition coefficient (Wildman–Crippen LogP) is 16.3. The maximum absolute atomic E-state index is 12.7. The number of carbonyl (C=O) groups excluding carboxylic acids is 3. The van der Waals surface area contributed by atoms with Crippen LogP contribution in [0, 0.1) is 5.92 Å². The van der Waals surface area contributed by atoms with Crippen LogP contribution in [0.2, 0.25) is 0 Å². The Morgan fingerprint density at radius 3 is 1.24 bits per heavy atom. The molecule has 24 heteroatoms. The molecule has 0 bridgehead atoms. The second-order valence-corrected chi connectivity index (χ2v) is 30.7. The highest BCUT2D eigenvalue weighted by Crippen LogP contribution is 2.40. The highest BCUT2D eigenvalue weighted by atomic mass is 16.6. The molecule has 19 rings (SSSR count). The summed E-state index contributed by atoms with van der Waals surface area (Å²) in [6.07, 6.45) is 16.7. The average Bonchev–Trinajstić information content (AvgIpc) is 1.61. The molecule has 3 aliphatic rings. The number of fused-ring (bicyclic) bond motifs is 6. The Hall–Kier alpha value is -14.0. The first-order valence-electron chi connectivity index (χ1n) is 40.4. The number of likely N-dealkylation sites (N-methyl/N-ethyl adjacent to an activating group) is 1. The number of aromatic nitrogens is 12. The van der Waals surface area contributed by atoms with Crippen LogP contribution in [0.15, 0.2) is 250 Å². The van der Waals surface area contributed by atoms with Crippen molar-refractivity contribution in [3.8, 4) is 67.5 Å². The van der Waals surface area contributed by atoms with Gasteiger partial charge in [0.2, 0.25) is 5.91 Å². The van der Waals surface area contributed by atoms with Crippen LogP contribution >= 0.6 is 0 Å². The van der Waals surface area contributed by atoms with Gasteiger partial charge in [-0.1, -0.05) is 176 Å². The lowest BCUT2D eigenvalue weighted by atomic mass is 9.93. The maximum atomic E-state index is 12.7. The monoisotopic (exact) mass is 1560 g/mol. The number of nitrogen functional groups attached to an aromatic ring is 3. The van der Waals surface area contributed by atoms with Crippen LogP contribution in [-0.2, 0) is 22.6 Å². The normalized spacial score (nSPS) is 14.3. The van der Waals surface area contributed by atoms with E-state index in [0.717, 1.165) is 198 Å². The highest BCUT2D eigenvalue weighted by Gasteiger charge is 2.32. The molecule has 3 fully saturated rings. The smallest absolute Gasteiger partial charge is 0.410 e. The molecule has 0 atom stereocenters. The van der Waals surface area contributed by atoms with Crippen molar-refractivity contribution in [2.75, 3.05) is 83.7 Å². The highest BCUT2D eigenvalue weighted by molar-refractivity contribution is 5.95. The molecule has 4 amide bonds. The molecule has 7 aromatic carbocycles. The summed E-state index contributed by atoms with van der Waals surface area (Å²) in [5.74, 6) is 5.21. The number of ether oxygens (including phenoxy) is 1. The van der Waals surface area contributed by atoms with E-state index in [9.17, 15) is 14.4 Å². The minimum atomic E-state index is -0.255. The quantitative estimate of drug-likeness (QED) is 0.0741. The number of benzene rings is 7. The number of nitrogens with two attached hydrogens (primary N) is 3. The third kappa shape index (κ3) is 16.4. The lowest BCUT2D eigenvalue weighted by molar-refractivity contribution is -0.132. The van der Waals surface area contributed by atoms with Crippen molar-refractivity contribution in [3.05, 3.63) is 273 Å². The van der Waals surface area contributed by atoms with E-state index >= 15 is 0 Å². The third-order valence-electron chi connectivity index (χ3n) is 22.7. The van der Waals surface area contributed by atoms with Crippen molar-refractivity contribution in [1.29, 1.82) is 0 Å². The molecule has 0 aliphatic carbocycles. The van der Waals surface area contributed by atoms with E-state index in [0.29, 0.717) is 62.6 Å². The summed E-state index contributed by atoms with van der Waals surface area (Å²) >= 11 is 0. The van der Waals surface area contributed by atoms with Crippen molar-refractivity contribution in [2.45, 2.75) is 70.3 Å². The van der Waals surface area contributed by atoms with E-state index in [1.165, 1.54) is 0 Å². The zero-order chi connectivity index (χ0) is 80.8. The summed E-state index contributed by atoms with van der Waals surface area (Å²) in [4.78, 5) is 88.5. The number of carbonyl (C=O) groups is 3. The van der Waals surface area contributed by atoms with Crippen LogP contribution in [0.25, 0.3) is 117 Å². The maximum Gasteiger partial charge on any atom is 0.410 e. The van der Waals surface area contributed by atoms with Gasteiger partial charge in [0.25, 0.3) is 0 Å². The van der Waals surface area contributed by atoms with E-state index in [4.69, 9.17) is 51.8 Å². The number of urea groups is 1. The number of rotatable bonds is 15. The largest absolute Gasteiger partial charge is 0.445 e. The molecule has 7 N–H and O–H groups in total. The molecule has 24 nitrogen and oxygen atoms in total. The van der Waals surface area contributed by atoms with Crippen LogP contribution < -0.4 is 22.5 Å². The lowest BCUT2D eigenvalue weighted by Crippen LogP contribution is -2.44. The fraction of sp³-hybridized carbons (Fsp3) is 0.234. The van der Waals surface area contributed by atoms with E-state index in [2.05, 4.69) is 161 Å². The van der Waals surface area contributed by atoms with Gasteiger partial charge in [-0.15, -0.1) is 0 Å². The Balaban J connectivity index is 0.000000127. The molecule has 0 spiro atoms. The van der Waals surface area contributed by atoms with Crippen molar-refractivity contribution in [1.82, 2.24) is 83.0 Å². The summed E-state index contributed by atoms with van der Waals surface area (Å²) in [6.45, 7) is 7.47.